The molecule has 0 aromatic carbocycles. The van der Waals surface area contributed by atoms with Crippen molar-refractivity contribution in [3.63, 3.8) is 0 Å². The van der Waals surface area contributed by atoms with Crippen LogP contribution in [-0.4, -0.2) is 45.8 Å². The molecule has 1 N–H and O–H groups in total. The van der Waals surface area contributed by atoms with E-state index in [1.807, 2.05) is 0 Å². The molecular weight excluding hydrogens is 242 g/mol. The second kappa shape index (κ2) is 7.74. The van der Waals surface area contributed by atoms with Gasteiger partial charge in [-0.2, -0.15) is 0 Å². The van der Waals surface area contributed by atoms with Crippen LogP contribution in [0.15, 0.2) is 0 Å². The molecule has 0 aliphatic carbocycles. The summed E-state index contributed by atoms with van der Waals surface area (Å²) in [4.78, 5) is 34.2. The van der Waals surface area contributed by atoms with Gasteiger partial charge < -0.3 is 10.0 Å². The van der Waals surface area contributed by atoms with Gasteiger partial charge in [-0.3, -0.25) is 14.4 Å². The molecule has 0 aliphatic rings. The van der Waals surface area contributed by atoms with Crippen LogP contribution in [0, 0.1) is 18.3 Å². The van der Waals surface area contributed by atoms with Crippen LogP contribution in [0.4, 0.5) is 0 Å². The van der Waals surface area contributed by atoms with E-state index in [0.717, 1.165) is 16.7 Å². The predicted octanol–water partition coefficient (Wildman–Crippen LogP) is 0.449. The van der Waals surface area contributed by atoms with Crippen LogP contribution in [0.25, 0.3) is 0 Å². The van der Waals surface area contributed by atoms with Crippen molar-refractivity contribution in [3.05, 3.63) is 0 Å². The number of aliphatic carboxylic acids is 1. The Morgan fingerprint density at radius 2 is 2.06 bits per heavy atom. The molecule has 0 fully saturated rings. The first-order valence-corrected chi connectivity index (χ1v) is 5.94. The maximum Gasteiger partial charge on any atom is 0.323 e. The molecule has 0 saturated heterocycles. The van der Waals surface area contributed by atoms with Gasteiger partial charge in [0.25, 0.3) is 0 Å². The molecular formula is C11H15NO4S. The van der Waals surface area contributed by atoms with Crippen molar-refractivity contribution < 1.29 is 19.5 Å². The van der Waals surface area contributed by atoms with Crippen LogP contribution in [0.3, 0.4) is 0 Å². The van der Waals surface area contributed by atoms with Crippen molar-refractivity contribution >= 4 is 28.8 Å². The maximum absolute atomic E-state index is 11.8. The highest BCUT2D eigenvalue weighted by atomic mass is 32.2. The summed E-state index contributed by atoms with van der Waals surface area (Å²) in [5.41, 5.74) is 0. The number of terminal acetylenes is 1. The van der Waals surface area contributed by atoms with Crippen LogP contribution < -0.4 is 0 Å². The molecule has 6 heteroatoms. The second-order valence-electron chi connectivity index (χ2n) is 3.50. The lowest BCUT2D eigenvalue weighted by Gasteiger charge is -2.21. The number of thioether (sulfide) groups is 1. The molecule has 0 rings (SSSR count). The van der Waals surface area contributed by atoms with Gasteiger partial charge in [0, 0.05) is 18.6 Å². The first-order valence-electron chi connectivity index (χ1n) is 4.95. The SMILES string of the molecule is C#CCN(CC(=O)O)C(=O)C(C)CSC(C)=O. The van der Waals surface area contributed by atoms with E-state index in [4.69, 9.17) is 11.5 Å². The number of nitrogens with zero attached hydrogens (tertiary/aromatic N) is 1. The van der Waals surface area contributed by atoms with E-state index in [2.05, 4.69) is 5.92 Å². The summed E-state index contributed by atoms with van der Waals surface area (Å²) in [7, 11) is 0. The van der Waals surface area contributed by atoms with Gasteiger partial charge in [0.05, 0.1) is 6.54 Å². The Balaban J connectivity index is 4.44. The van der Waals surface area contributed by atoms with Gasteiger partial charge in [-0.1, -0.05) is 24.6 Å². The van der Waals surface area contributed by atoms with Crippen LogP contribution >= 0.6 is 11.8 Å². The Kier molecular flexibility index (Phi) is 7.06. The Labute approximate surface area is 105 Å². The molecule has 0 bridgehead atoms. The molecule has 1 amide bonds. The number of hydrogen-bond donors (Lipinski definition) is 1. The summed E-state index contributed by atoms with van der Waals surface area (Å²) in [6.07, 6.45) is 5.07. The summed E-state index contributed by atoms with van der Waals surface area (Å²) < 4.78 is 0. The third-order valence-electron chi connectivity index (χ3n) is 1.88. The second-order valence-corrected chi connectivity index (χ2v) is 4.69. The largest absolute Gasteiger partial charge is 0.480 e. The van der Waals surface area contributed by atoms with Gasteiger partial charge >= 0.3 is 5.97 Å². The number of hydrogen-bond acceptors (Lipinski definition) is 4. The van der Waals surface area contributed by atoms with Crippen LogP contribution in [0.5, 0.6) is 0 Å². The predicted molar refractivity (Wildman–Crippen MR) is 65.4 cm³/mol. The quantitative estimate of drug-likeness (QED) is 0.699. The fourth-order valence-electron chi connectivity index (χ4n) is 1.11. The first-order chi connectivity index (χ1) is 7.88. The Morgan fingerprint density at radius 1 is 1.47 bits per heavy atom. The zero-order valence-electron chi connectivity index (χ0n) is 9.80. The van der Waals surface area contributed by atoms with E-state index in [0.29, 0.717) is 5.75 Å². The van der Waals surface area contributed by atoms with Crippen molar-refractivity contribution in [1.29, 1.82) is 0 Å². The third-order valence-corrected chi connectivity index (χ3v) is 2.95. The molecule has 17 heavy (non-hydrogen) atoms. The van der Waals surface area contributed by atoms with Gasteiger partial charge in [-0.15, -0.1) is 6.42 Å². The minimum atomic E-state index is -1.11. The summed E-state index contributed by atoms with van der Waals surface area (Å²) >= 11 is 1.04. The maximum atomic E-state index is 11.8. The molecule has 0 aromatic heterocycles. The number of amides is 1. The number of carbonyl (C=O) groups is 3. The van der Waals surface area contributed by atoms with Gasteiger partial charge in [0.15, 0.2) is 5.12 Å². The van der Waals surface area contributed by atoms with Crippen molar-refractivity contribution in [3.8, 4) is 12.3 Å². The molecule has 1 atom stereocenters. The Morgan fingerprint density at radius 3 is 2.47 bits per heavy atom. The molecule has 0 aliphatic heterocycles. The molecule has 0 spiro atoms. The van der Waals surface area contributed by atoms with Gasteiger partial charge in [-0.25, -0.2) is 0 Å². The number of carboxylic acids is 1. The monoisotopic (exact) mass is 257 g/mol. The summed E-state index contributed by atoms with van der Waals surface area (Å²) in [5, 5.41) is 8.56. The molecule has 0 saturated carbocycles. The third kappa shape index (κ3) is 6.64. The average molecular weight is 257 g/mol. The van der Waals surface area contributed by atoms with Crippen LogP contribution in [-0.2, 0) is 14.4 Å². The standard InChI is InChI=1S/C11H15NO4S/c1-4-5-12(6-10(14)15)11(16)8(2)7-17-9(3)13/h1,8H,5-7H2,2-3H3,(H,14,15). The Hall–Kier alpha value is -1.48. The molecule has 94 valence electrons. The fraction of sp³-hybridized carbons (Fsp3) is 0.545. The highest BCUT2D eigenvalue weighted by Crippen LogP contribution is 2.11. The van der Waals surface area contributed by atoms with Gasteiger partial charge in [0.2, 0.25) is 5.91 Å². The lowest BCUT2D eigenvalue weighted by Crippen LogP contribution is -2.39. The molecule has 0 heterocycles. The summed E-state index contributed by atoms with van der Waals surface area (Å²) in [6, 6.07) is 0. The van der Waals surface area contributed by atoms with Crippen molar-refractivity contribution in [2.75, 3.05) is 18.8 Å². The zero-order valence-corrected chi connectivity index (χ0v) is 10.6. The lowest BCUT2D eigenvalue weighted by atomic mass is 10.2. The molecule has 0 radical (unpaired) electrons. The van der Waals surface area contributed by atoms with Gasteiger partial charge in [-0.05, 0) is 0 Å². The van der Waals surface area contributed by atoms with Crippen LogP contribution in [0.2, 0.25) is 0 Å². The van der Waals surface area contributed by atoms with Gasteiger partial charge in [0.1, 0.15) is 6.54 Å². The van der Waals surface area contributed by atoms with E-state index >= 15 is 0 Å². The minimum absolute atomic E-state index is 0.0415. The molecule has 1 unspecified atom stereocenters. The van der Waals surface area contributed by atoms with E-state index in [1.165, 1.54) is 6.92 Å². The molecule has 5 nitrogen and oxygen atoms in total. The Bertz CT molecular complexity index is 348. The van der Waals surface area contributed by atoms with E-state index in [-0.39, 0.29) is 17.6 Å². The topological polar surface area (TPSA) is 74.7 Å². The number of carbonyl (C=O) groups excluding carboxylic acids is 2. The number of rotatable bonds is 6. The normalized spacial score (nSPS) is 11.4. The number of carboxylic acid groups (broad SMARTS) is 1. The summed E-state index contributed by atoms with van der Waals surface area (Å²) in [6.45, 7) is 2.60. The van der Waals surface area contributed by atoms with E-state index in [9.17, 15) is 14.4 Å². The molecule has 0 aromatic rings. The van der Waals surface area contributed by atoms with Crippen molar-refractivity contribution in [2.24, 2.45) is 5.92 Å². The highest BCUT2D eigenvalue weighted by Gasteiger charge is 2.22. The van der Waals surface area contributed by atoms with Crippen molar-refractivity contribution in [2.45, 2.75) is 13.8 Å². The van der Waals surface area contributed by atoms with Crippen LogP contribution in [0.1, 0.15) is 13.8 Å². The zero-order chi connectivity index (χ0) is 13.4. The first kappa shape index (κ1) is 15.5. The lowest BCUT2D eigenvalue weighted by molar-refractivity contribution is -0.145. The average Bonchev–Trinajstić information content (AvgIpc) is 2.23. The van der Waals surface area contributed by atoms with E-state index in [1.54, 1.807) is 6.92 Å². The van der Waals surface area contributed by atoms with E-state index < -0.39 is 18.4 Å². The highest BCUT2D eigenvalue weighted by molar-refractivity contribution is 8.13. The van der Waals surface area contributed by atoms with Crippen molar-refractivity contribution in [1.82, 2.24) is 4.90 Å². The fourth-order valence-corrected chi connectivity index (χ4v) is 1.74. The minimum Gasteiger partial charge on any atom is -0.480 e. The summed E-state index contributed by atoms with van der Waals surface area (Å²) in [5.74, 6) is 0.677. The smallest absolute Gasteiger partial charge is 0.323 e.